The maximum atomic E-state index is 12.1. The molecular formula is C22H25NO5. The van der Waals surface area contributed by atoms with Crippen molar-refractivity contribution in [3.63, 3.8) is 0 Å². The molecule has 0 heterocycles. The molecule has 0 fully saturated rings. The van der Waals surface area contributed by atoms with E-state index in [2.05, 4.69) is 5.32 Å². The fourth-order valence-electron chi connectivity index (χ4n) is 2.85. The Labute approximate surface area is 165 Å². The molecule has 0 bridgehead atoms. The monoisotopic (exact) mass is 383 g/mol. The number of ether oxygens (including phenoxy) is 3. The number of carbonyl (C=O) groups excluding carboxylic acids is 2. The molecule has 0 spiro atoms. The van der Waals surface area contributed by atoms with Gasteiger partial charge in [0.25, 0.3) is 5.91 Å². The van der Waals surface area contributed by atoms with E-state index in [1.807, 2.05) is 32.9 Å². The number of hydrogen-bond acceptors (Lipinski definition) is 5. The number of aryl methyl sites for hydroxylation is 3. The van der Waals surface area contributed by atoms with Crippen LogP contribution >= 0.6 is 0 Å². The zero-order chi connectivity index (χ0) is 20.7. The quantitative estimate of drug-likeness (QED) is 0.581. The lowest BCUT2D eigenvalue weighted by Crippen LogP contribution is -2.21. The van der Waals surface area contributed by atoms with Crippen molar-refractivity contribution in [3.8, 4) is 11.5 Å². The smallest absolute Gasteiger partial charge is 0.331 e. The lowest BCUT2D eigenvalue weighted by molar-refractivity contribution is -0.142. The molecule has 1 N–H and O–H groups in total. The third-order valence-corrected chi connectivity index (χ3v) is 4.13. The van der Waals surface area contributed by atoms with Crippen molar-refractivity contribution >= 4 is 23.6 Å². The first kappa shape index (κ1) is 21.0. The van der Waals surface area contributed by atoms with Gasteiger partial charge in [0.15, 0.2) is 6.61 Å². The van der Waals surface area contributed by atoms with Crippen LogP contribution in [-0.2, 0) is 14.3 Å². The van der Waals surface area contributed by atoms with Crippen LogP contribution in [0.3, 0.4) is 0 Å². The van der Waals surface area contributed by atoms with Crippen molar-refractivity contribution < 1.29 is 23.8 Å². The van der Waals surface area contributed by atoms with E-state index in [9.17, 15) is 9.59 Å². The van der Waals surface area contributed by atoms with Gasteiger partial charge in [-0.2, -0.15) is 0 Å². The summed E-state index contributed by atoms with van der Waals surface area (Å²) in [6.45, 7) is 5.48. The van der Waals surface area contributed by atoms with Crippen LogP contribution in [0.15, 0.2) is 36.4 Å². The van der Waals surface area contributed by atoms with Crippen LogP contribution in [0.25, 0.3) is 6.08 Å². The molecule has 0 saturated heterocycles. The van der Waals surface area contributed by atoms with Crippen LogP contribution in [0.5, 0.6) is 11.5 Å². The topological polar surface area (TPSA) is 73.9 Å². The second kappa shape index (κ2) is 9.60. The minimum Gasteiger partial charge on any atom is -0.497 e. The van der Waals surface area contributed by atoms with Gasteiger partial charge in [-0.1, -0.05) is 17.7 Å². The summed E-state index contributed by atoms with van der Waals surface area (Å²) >= 11 is 0. The van der Waals surface area contributed by atoms with Crippen LogP contribution in [0.2, 0.25) is 0 Å². The van der Waals surface area contributed by atoms with Crippen LogP contribution in [0.1, 0.15) is 22.3 Å². The average molecular weight is 383 g/mol. The Morgan fingerprint density at radius 1 is 1.00 bits per heavy atom. The van der Waals surface area contributed by atoms with Crippen molar-refractivity contribution in [2.45, 2.75) is 20.8 Å². The van der Waals surface area contributed by atoms with Gasteiger partial charge in [-0.25, -0.2) is 4.79 Å². The van der Waals surface area contributed by atoms with Crippen molar-refractivity contribution in [1.29, 1.82) is 0 Å². The zero-order valence-electron chi connectivity index (χ0n) is 16.8. The molecule has 0 saturated carbocycles. The minimum absolute atomic E-state index is 0.365. The van der Waals surface area contributed by atoms with Gasteiger partial charge in [0.2, 0.25) is 0 Å². The molecule has 6 heteroatoms. The number of nitrogens with one attached hydrogen (secondary N) is 1. The molecule has 0 unspecified atom stereocenters. The SMILES string of the molecule is COc1ccc(/C=C/C(=O)OCC(=O)Nc2c(C)cc(C)cc2C)c(OC)c1. The number of benzene rings is 2. The summed E-state index contributed by atoms with van der Waals surface area (Å²) in [4.78, 5) is 24.0. The van der Waals surface area contributed by atoms with Crippen molar-refractivity contribution in [2.24, 2.45) is 0 Å². The lowest BCUT2D eigenvalue weighted by Gasteiger charge is -2.12. The van der Waals surface area contributed by atoms with Crippen LogP contribution in [-0.4, -0.2) is 32.7 Å². The second-order valence-corrected chi connectivity index (χ2v) is 6.37. The number of hydrogen-bond donors (Lipinski definition) is 1. The molecule has 0 aromatic heterocycles. The molecule has 0 aliphatic rings. The summed E-state index contributed by atoms with van der Waals surface area (Å²) in [6.07, 6.45) is 2.81. The number of amides is 1. The minimum atomic E-state index is -0.620. The van der Waals surface area contributed by atoms with Gasteiger partial charge in [0.1, 0.15) is 11.5 Å². The van der Waals surface area contributed by atoms with E-state index in [1.165, 1.54) is 13.2 Å². The van der Waals surface area contributed by atoms with E-state index in [4.69, 9.17) is 14.2 Å². The Bertz CT molecular complexity index is 879. The summed E-state index contributed by atoms with van der Waals surface area (Å²) < 4.78 is 15.4. The van der Waals surface area contributed by atoms with Crippen LogP contribution < -0.4 is 14.8 Å². The standard InChI is InChI=1S/C22H25NO5/c1-14-10-15(2)22(16(3)11-14)23-20(24)13-28-21(25)9-7-17-6-8-18(26-4)12-19(17)27-5/h6-12H,13H2,1-5H3,(H,23,24)/b9-7+. The third kappa shape index (κ3) is 5.61. The highest BCUT2D eigenvalue weighted by Gasteiger charge is 2.10. The van der Waals surface area contributed by atoms with E-state index in [1.54, 1.807) is 31.4 Å². The van der Waals surface area contributed by atoms with E-state index >= 15 is 0 Å². The maximum absolute atomic E-state index is 12.1. The fraction of sp³-hybridized carbons (Fsp3) is 0.273. The number of anilines is 1. The van der Waals surface area contributed by atoms with Crippen molar-refractivity contribution in [1.82, 2.24) is 0 Å². The summed E-state index contributed by atoms with van der Waals surface area (Å²) in [6, 6.07) is 9.20. The van der Waals surface area contributed by atoms with Gasteiger partial charge in [0, 0.05) is 23.4 Å². The van der Waals surface area contributed by atoms with Gasteiger partial charge in [0.05, 0.1) is 14.2 Å². The zero-order valence-corrected chi connectivity index (χ0v) is 16.8. The van der Waals surface area contributed by atoms with Crippen LogP contribution in [0.4, 0.5) is 5.69 Å². The second-order valence-electron chi connectivity index (χ2n) is 6.37. The first-order valence-electron chi connectivity index (χ1n) is 8.78. The highest BCUT2D eigenvalue weighted by Crippen LogP contribution is 2.25. The van der Waals surface area contributed by atoms with E-state index in [0.29, 0.717) is 17.1 Å². The molecule has 0 aliphatic carbocycles. The van der Waals surface area contributed by atoms with E-state index in [-0.39, 0.29) is 12.5 Å². The Balaban J connectivity index is 1.94. The summed E-state index contributed by atoms with van der Waals surface area (Å²) in [5.41, 5.74) is 4.48. The molecular weight excluding hydrogens is 358 g/mol. The van der Waals surface area contributed by atoms with Crippen molar-refractivity contribution in [2.75, 3.05) is 26.1 Å². The third-order valence-electron chi connectivity index (χ3n) is 4.13. The maximum Gasteiger partial charge on any atom is 0.331 e. The predicted octanol–water partition coefficient (Wildman–Crippen LogP) is 3.82. The normalized spacial score (nSPS) is 10.6. The van der Waals surface area contributed by atoms with Gasteiger partial charge < -0.3 is 19.5 Å². The first-order chi connectivity index (χ1) is 13.3. The van der Waals surface area contributed by atoms with E-state index in [0.717, 1.165) is 22.4 Å². The Hall–Kier alpha value is -3.28. The van der Waals surface area contributed by atoms with Gasteiger partial charge >= 0.3 is 5.97 Å². The Morgan fingerprint density at radius 3 is 2.29 bits per heavy atom. The van der Waals surface area contributed by atoms with Crippen LogP contribution in [0, 0.1) is 20.8 Å². The molecule has 6 nitrogen and oxygen atoms in total. The predicted molar refractivity (Wildman–Crippen MR) is 109 cm³/mol. The summed E-state index contributed by atoms with van der Waals surface area (Å²) in [5, 5.41) is 2.79. The average Bonchev–Trinajstić information content (AvgIpc) is 2.67. The molecule has 2 rings (SSSR count). The van der Waals surface area contributed by atoms with Crippen molar-refractivity contribution in [3.05, 3.63) is 58.7 Å². The highest BCUT2D eigenvalue weighted by atomic mass is 16.5. The molecule has 0 aliphatic heterocycles. The molecule has 2 aromatic carbocycles. The Kier molecular flexibility index (Phi) is 7.21. The molecule has 148 valence electrons. The number of methoxy groups -OCH3 is 2. The molecule has 0 atom stereocenters. The molecule has 2 aromatic rings. The van der Waals surface area contributed by atoms with E-state index < -0.39 is 5.97 Å². The first-order valence-corrected chi connectivity index (χ1v) is 8.78. The fourth-order valence-corrected chi connectivity index (χ4v) is 2.85. The van der Waals surface area contributed by atoms with Gasteiger partial charge in [-0.05, 0) is 50.1 Å². The number of rotatable bonds is 7. The molecule has 28 heavy (non-hydrogen) atoms. The molecule has 0 radical (unpaired) electrons. The largest absolute Gasteiger partial charge is 0.497 e. The van der Waals surface area contributed by atoms with Gasteiger partial charge in [-0.3, -0.25) is 4.79 Å². The van der Waals surface area contributed by atoms with Gasteiger partial charge in [-0.15, -0.1) is 0 Å². The summed E-state index contributed by atoms with van der Waals surface area (Å²) in [7, 11) is 3.09. The number of carbonyl (C=O) groups is 2. The lowest BCUT2D eigenvalue weighted by atomic mass is 10.1. The highest BCUT2D eigenvalue weighted by molar-refractivity contribution is 5.95. The summed E-state index contributed by atoms with van der Waals surface area (Å²) in [5.74, 6) is 0.200. The number of esters is 1. The Morgan fingerprint density at radius 2 is 1.68 bits per heavy atom. The molecule has 1 amide bonds.